The predicted octanol–water partition coefficient (Wildman–Crippen LogP) is 2.94. The summed E-state index contributed by atoms with van der Waals surface area (Å²) >= 11 is 0. The van der Waals surface area contributed by atoms with Crippen molar-refractivity contribution in [1.82, 2.24) is 9.62 Å². The van der Waals surface area contributed by atoms with Gasteiger partial charge in [0.1, 0.15) is 0 Å². The van der Waals surface area contributed by atoms with E-state index < -0.39 is 10.0 Å². The van der Waals surface area contributed by atoms with Gasteiger partial charge in [-0.25, -0.2) is 8.42 Å². The monoisotopic (exact) mass is 374 g/mol. The van der Waals surface area contributed by atoms with E-state index in [1.807, 2.05) is 69.3 Å². The van der Waals surface area contributed by atoms with Gasteiger partial charge in [-0.1, -0.05) is 54.1 Å². The maximum atomic E-state index is 12.4. The number of sulfonamides is 1. The fourth-order valence-electron chi connectivity index (χ4n) is 2.79. The van der Waals surface area contributed by atoms with E-state index in [4.69, 9.17) is 0 Å². The van der Waals surface area contributed by atoms with Crippen molar-refractivity contribution in [3.8, 4) is 0 Å². The Bertz CT molecular complexity index is 861. The number of carbonyl (C=O) groups is 1. The van der Waals surface area contributed by atoms with Gasteiger partial charge in [0, 0.05) is 6.54 Å². The van der Waals surface area contributed by atoms with E-state index >= 15 is 0 Å². The van der Waals surface area contributed by atoms with Gasteiger partial charge in [0.2, 0.25) is 15.9 Å². The van der Waals surface area contributed by atoms with Gasteiger partial charge >= 0.3 is 0 Å². The lowest BCUT2D eigenvalue weighted by Crippen LogP contribution is -2.40. The van der Waals surface area contributed by atoms with E-state index in [1.165, 1.54) is 4.31 Å². The average Bonchev–Trinajstić information content (AvgIpc) is 2.55. The molecule has 2 aromatic carbocycles. The van der Waals surface area contributed by atoms with E-state index in [0.717, 1.165) is 28.5 Å². The molecule has 0 saturated carbocycles. The Kier molecular flexibility index (Phi) is 6.56. The van der Waals surface area contributed by atoms with Gasteiger partial charge in [-0.05, 0) is 37.5 Å². The van der Waals surface area contributed by atoms with Crippen molar-refractivity contribution in [3.05, 3.63) is 70.8 Å². The topological polar surface area (TPSA) is 66.5 Å². The smallest absolute Gasteiger partial charge is 0.235 e. The van der Waals surface area contributed by atoms with Gasteiger partial charge < -0.3 is 5.32 Å². The summed E-state index contributed by atoms with van der Waals surface area (Å²) in [4.78, 5) is 12.4. The van der Waals surface area contributed by atoms with E-state index in [9.17, 15) is 13.2 Å². The molecule has 0 aromatic heterocycles. The molecule has 2 aromatic rings. The number of amides is 1. The summed E-state index contributed by atoms with van der Waals surface area (Å²) < 4.78 is 25.4. The van der Waals surface area contributed by atoms with Crippen molar-refractivity contribution in [2.45, 2.75) is 33.4 Å². The highest BCUT2D eigenvalue weighted by atomic mass is 32.2. The number of hydrogen-bond donors (Lipinski definition) is 1. The Morgan fingerprint density at radius 3 is 2.27 bits per heavy atom. The molecule has 0 fully saturated rings. The summed E-state index contributed by atoms with van der Waals surface area (Å²) in [5, 5.41) is 2.89. The molecule has 0 aliphatic carbocycles. The SMILES string of the molecule is Cc1ccc(CN(CC(=O)N[C@H](C)c2ccccc2C)S(C)(=O)=O)cc1. The Hall–Kier alpha value is -2.18. The first-order valence-electron chi connectivity index (χ1n) is 8.52. The fraction of sp³-hybridized carbons (Fsp3) is 0.350. The molecule has 2 rings (SSSR count). The molecule has 0 heterocycles. The van der Waals surface area contributed by atoms with E-state index in [1.54, 1.807) is 0 Å². The summed E-state index contributed by atoms with van der Waals surface area (Å²) in [7, 11) is -3.50. The number of nitrogens with one attached hydrogen (secondary N) is 1. The van der Waals surface area contributed by atoms with Crippen LogP contribution in [-0.4, -0.2) is 31.4 Å². The molecule has 0 radical (unpaired) electrons. The zero-order chi connectivity index (χ0) is 19.3. The molecular weight excluding hydrogens is 348 g/mol. The number of nitrogens with zero attached hydrogens (tertiary/aromatic N) is 1. The van der Waals surface area contributed by atoms with Crippen LogP contribution in [0.5, 0.6) is 0 Å². The number of benzene rings is 2. The molecule has 5 nitrogen and oxygen atoms in total. The van der Waals surface area contributed by atoms with Crippen molar-refractivity contribution in [1.29, 1.82) is 0 Å². The van der Waals surface area contributed by atoms with Crippen molar-refractivity contribution in [2.75, 3.05) is 12.8 Å². The molecule has 0 spiro atoms. The van der Waals surface area contributed by atoms with Gasteiger partial charge in [-0.2, -0.15) is 4.31 Å². The van der Waals surface area contributed by atoms with Gasteiger partial charge in [0.05, 0.1) is 18.8 Å². The minimum absolute atomic E-state index is 0.172. The zero-order valence-electron chi connectivity index (χ0n) is 15.7. The van der Waals surface area contributed by atoms with E-state index in [0.29, 0.717) is 0 Å². The van der Waals surface area contributed by atoms with Crippen LogP contribution in [0, 0.1) is 13.8 Å². The molecule has 1 atom stereocenters. The summed E-state index contributed by atoms with van der Waals surface area (Å²) in [6, 6.07) is 15.2. The minimum Gasteiger partial charge on any atom is -0.348 e. The second-order valence-corrected chi connectivity index (χ2v) is 8.64. The molecule has 0 bridgehead atoms. The third-order valence-electron chi connectivity index (χ3n) is 4.30. The molecular formula is C20H26N2O3S. The highest BCUT2D eigenvalue weighted by molar-refractivity contribution is 7.88. The molecule has 1 amide bonds. The van der Waals surface area contributed by atoms with Gasteiger partial charge in [-0.15, -0.1) is 0 Å². The number of carbonyl (C=O) groups excluding carboxylic acids is 1. The number of aryl methyl sites for hydroxylation is 2. The molecule has 0 saturated heterocycles. The molecule has 6 heteroatoms. The van der Waals surface area contributed by atoms with Gasteiger partial charge in [0.15, 0.2) is 0 Å². The Balaban J connectivity index is 2.07. The highest BCUT2D eigenvalue weighted by Gasteiger charge is 2.22. The minimum atomic E-state index is -3.50. The maximum absolute atomic E-state index is 12.4. The fourth-order valence-corrected chi connectivity index (χ4v) is 3.52. The molecule has 0 unspecified atom stereocenters. The average molecular weight is 375 g/mol. The lowest BCUT2D eigenvalue weighted by atomic mass is 10.0. The lowest BCUT2D eigenvalue weighted by molar-refractivity contribution is -0.122. The van der Waals surface area contributed by atoms with Crippen LogP contribution < -0.4 is 5.32 Å². The van der Waals surface area contributed by atoms with Crippen molar-refractivity contribution in [2.24, 2.45) is 0 Å². The van der Waals surface area contributed by atoms with Crippen LogP contribution in [0.25, 0.3) is 0 Å². The van der Waals surface area contributed by atoms with Crippen LogP contribution in [0.4, 0.5) is 0 Å². The standard InChI is InChI=1S/C20H26N2O3S/c1-15-9-11-18(12-10-15)13-22(26(4,24)25)14-20(23)21-17(3)19-8-6-5-7-16(19)2/h5-12,17H,13-14H2,1-4H3,(H,21,23)/t17-/m1/s1. The lowest BCUT2D eigenvalue weighted by Gasteiger charge is -2.22. The molecule has 1 N–H and O–H groups in total. The predicted molar refractivity (Wildman–Crippen MR) is 104 cm³/mol. The van der Waals surface area contributed by atoms with Crippen LogP contribution in [0.3, 0.4) is 0 Å². The first-order valence-corrected chi connectivity index (χ1v) is 10.4. The van der Waals surface area contributed by atoms with Crippen molar-refractivity contribution in [3.63, 3.8) is 0 Å². The van der Waals surface area contributed by atoms with Gasteiger partial charge in [0.25, 0.3) is 0 Å². The van der Waals surface area contributed by atoms with Crippen LogP contribution in [0.15, 0.2) is 48.5 Å². The summed E-state index contributed by atoms with van der Waals surface area (Å²) in [6.07, 6.45) is 1.12. The van der Waals surface area contributed by atoms with Crippen LogP contribution in [-0.2, 0) is 21.4 Å². The van der Waals surface area contributed by atoms with Crippen LogP contribution in [0.2, 0.25) is 0 Å². The summed E-state index contributed by atoms with van der Waals surface area (Å²) in [5.74, 6) is -0.321. The van der Waals surface area contributed by atoms with E-state index in [2.05, 4.69) is 5.32 Å². The number of hydrogen-bond acceptors (Lipinski definition) is 3. The maximum Gasteiger partial charge on any atom is 0.235 e. The third-order valence-corrected chi connectivity index (χ3v) is 5.50. The van der Waals surface area contributed by atoms with Crippen molar-refractivity contribution >= 4 is 15.9 Å². The molecule has 26 heavy (non-hydrogen) atoms. The first-order chi connectivity index (χ1) is 12.2. The number of rotatable bonds is 7. The molecule has 140 valence electrons. The molecule has 0 aliphatic rings. The zero-order valence-corrected chi connectivity index (χ0v) is 16.5. The van der Waals surface area contributed by atoms with Gasteiger partial charge in [-0.3, -0.25) is 4.79 Å². The molecule has 0 aliphatic heterocycles. The largest absolute Gasteiger partial charge is 0.348 e. The highest BCUT2D eigenvalue weighted by Crippen LogP contribution is 2.17. The first kappa shape index (κ1) is 20.1. The Morgan fingerprint density at radius 2 is 1.69 bits per heavy atom. The summed E-state index contributed by atoms with van der Waals surface area (Å²) in [5.41, 5.74) is 4.05. The second-order valence-electron chi connectivity index (χ2n) is 6.66. The van der Waals surface area contributed by atoms with Crippen LogP contribution in [0.1, 0.15) is 35.2 Å². The summed E-state index contributed by atoms with van der Waals surface area (Å²) in [6.45, 7) is 5.82. The Morgan fingerprint density at radius 1 is 1.08 bits per heavy atom. The van der Waals surface area contributed by atoms with Crippen molar-refractivity contribution < 1.29 is 13.2 Å². The second kappa shape index (κ2) is 8.47. The normalized spacial score (nSPS) is 12.8. The van der Waals surface area contributed by atoms with Crippen LogP contribution >= 0.6 is 0 Å². The Labute approximate surface area is 156 Å². The third kappa shape index (κ3) is 5.68. The van der Waals surface area contributed by atoms with E-state index in [-0.39, 0.29) is 25.0 Å². The quantitative estimate of drug-likeness (QED) is 0.810.